The molecule has 0 spiro atoms. The summed E-state index contributed by atoms with van der Waals surface area (Å²) < 4.78 is 8.01. The lowest BCUT2D eigenvalue weighted by atomic mass is 9.97. The highest BCUT2D eigenvalue weighted by molar-refractivity contribution is 7.19. The molecule has 0 atom stereocenters. The maximum Gasteiger partial charge on any atom is 0.352 e. The maximum atomic E-state index is 12.7. The molecular formula is C17H19N5O3S. The number of aromatic nitrogens is 4. The van der Waals surface area contributed by atoms with Gasteiger partial charge in [-0.3, -0.25) is 4.79 Å². The Morgan fingerprint density at radius 2 is 2.04 bits per heavy atom. The van der Waals surface area contributed by atoms with Gasteiger partial charge in [-0.15, -0.1) is 16.4 Å². The third-order valence-corrected chi connectivity index (χ3v) is 6.39. The molecule has 1 fully saturated rings. The van der Waals surface area contributed by atoms with E-state index in [2.05, 4.69) is 10.1 Å². The predicted octanol–water partition coefficient (Wildman–Crippen LogP) is 0.843. The second kappa shape index (κ2) is 6.17. The van der Waals surface area contributed by atoms with Gasteiger partial charge in [-0.05, 0) is 31.2 Å². The first-order valence-electron chi connectivity index (χ1n) is 8.96. The van der Waals surface area contributed by atoms with Crippen molar-refractivity contribution in [3.8, 4) is 0 Å². The summed E-state index contributed by atoms with van der Waals surface area (Å²) in [5.74, 6) is -0.102. The van der Waals surface area contributed by atoms with Crippen molar-refractivity contribution in [2.75, 3.05) is 26.3 Å². The minimum absolute atomic E-state index is 0.0473. The summed E-state index contributed by atoms with van der Waals surface area (Å²) in [6.07, 6.45) is 5.96. The summed E-state index contributed by atoms with van der Waals surface area (Å²) in [6, 6.07) is 0. The van der Waals surface area contributed by atoms with E-state index in [4.69, 9.17) is 4.74 Å². The number of fused-ring (bicyclic) bond motifs is 5. The first-order chi connectivity index (χ1) is 12.7. The number of rotatable bonds is 2. The van der Waals surface area contributed by atoms with E-state index in [9.17, 15) is 9.59 Å². The van der Waals surface area contributed by atoms with E-state index in [1.54, 1.807) is 16.2 Å². The van der Waals surface area contributed by atoms with Gasteiger partial charge in [0.2, 0.25) is 5.91 Å². The standard InChI is InChI=1S/C17H19N5O3S/c23-13(20-5-7-25-8-6-20)9-22-17(24)21-10-18-16-14(15(21)19-22)11-3-1-2-4-12(11)26-16/h10H,1-9H2. The fraction of sp³-hybridized carbons (Fsp3) is 0.529. The molecule has 1 saturated heterocycles. The predicted molar refractivity (Wildman–Crippen MR) is 96.7 cm³/mol. The Morgan fingerprint density at radius 1 is 1.23 bits per heavy atom. The largest absolute Gasteiger partial charge is 0.378 e. The van der Waals surface area contributed by atoms with Crippen molar-refractivity contribution in [1.29, 1.82) is 0 Å². The molecule has 3 aromatic rings. The second-order valence-electron chi connectivity index (χ2n) is 6.76. The number of morpholine rings is 1. The molecule has 9 heteroatoms. The zero-order chi connectivity index (χ0) is 17.7. The van der Waals surface area contributed by atoms with Crippen molar-refractivity contribution >= 4 is 33.1 Å². The summed E-state index contributed by atoms with van der Waals surface area (Å²) >= 11 is 1.70. The number of carbonyl (C=O) groups excluding carboxylic acids is 1. The quantitative estimate of drug-likeness (QED) is 0.665. The van der Waals surface area contributed by atoms with Gasteiger partial charge < -0.3 is 9.64 Å². The summed E-state index contributed by atoms with van der Waals surface area (Å²) in [5.41, 5.74) is 1.59. The molecule has 0 radical (unpaired) electrons. The lowest BCUT2D eigenvalue weighted by Crippen LogP contribution is -2.43. The van der Waals surface area contributed by atoms with E-state index < -0.39 is 0 Å². The van der Waals surface area contributed by atoms with Crippen molar-refractivity contribution < 1.29 is 9.53 Å². The average Bonchev–Trinajstić information content (AvgIpc) is 3.20. The van der Waals surface area contributed by atoms with Crippen LogP contribution in [0.4, 0.5) is 0 Å². The molecule has 5 rings (SSSR count). The molecule has 0 N–H and O–H groups in total. The third-order valence-electron chi connectivity index (χ3n) is 5.19. The normalized spacial score (nSPS) is 17.8. The smallest absolute Gasteiger partial charge is 0.352 e. The monoisotopic (exact) mass is 373 g/mol. The Balaban J connectivity index is 1.58. The van der Waals surface area contributed by atoms with Crippen LogP contribution >= 0.6 is 11.3 Å². The number of hydrogen-bond acceptors (Lipinski definition) is 6. The number of carbonyl (C=O) groups is 1. The number of aryl methyl sites for hydroxylation is 2. The van der Waals surface area contributed by atoms with Crippen LogP contribution < -0.4 is 5.69 Å². The number of thiophene rings is 1. The van der Waals surface area contributed by atoms with Gasteiger partial charge in [0, 0.05) is 18.0 Å². The molecule has 0 saturated carbocycles. The highest BCUT2D eigenvalue weighted by Gasteiger charge is 2.23. The van der Waals surface area contributed by atoms with E-state index in [1.165, 1.54) is 32.3 Å². The SMILES string of the molecule is O=C(Cn1nc2c3c4c(sc3ncn2c1=O)CCCC4)N1CCOCC1. The lowest BCUT2D eigenvalue weighted by Gasteiger charge is -2.26. The van der Waals surface area contributed by atoms with Crippen molar-refractivity contribution in [3.63, 3.8) is 0 Å². The van der Waals surface area contributed by atoms with Gasteiger partial charge >= 0.3 is 5.69 Å². The number of hydrogen-bond donors (Lipinski definition) is 0. The van der Waals surface area contributed by atoms with Crippen LogP contribution in [-0.2, 0) is 28.9 Å². The second-order valence-corrected chi connectivity index (χ2v) is 7.85. The van der Waals surface area contributed by atoms with Crippen molar-refractivity contribution in [3.05, 3.63) is 27.3 Å². The Morgan fingerprint density at radius 3 is 2.88 bits per heavy atom. The van der Waals surface area contributed by atoms with Crippen molar-refractivity contribution in [1.82, 2.24) is 24.1 Å². The molecule has 3 aromatic heterocycles. The van der Waals surface area contributed by atoms with Crippen LogP contribution in [0.25, 0.3) is 15.9 Å². The molecule has 26 heavy (non-hydrogen) atoms. The van der Waals surface area contributed by atoms with E-state index in [0.717, 1.165) is 29.5 Å². The van der Waals surface area contributed by atoms with Crippen LogP contribution in [0.3, 0.4) is 0 Å². The Hall–Kier alpha value is -2.26. The van der Waals surface area contributed by atoms with E-state index in [0.29, 0.717) is 32.0 Å². The van der Waals surface area contributed by atoms with Crippen LogP contribution in [0.1, 0.15) is 23.3 Å². The third kappa shape index (κ3) is 2.45. The molecule has 1 aliphatic carbocycles. The van der Waals surface area contributed by atoms with Gasteiger partial charge in [0.1, 0.15) is 17.7 Å². The van der Waals surface area contributed by atoms with Gasteiger partial charge in [0.25, 0.3) is 0 Å². The molecule has 136 valence electrons. The molecule has 0 aromatic carbocycles. The Kier molecular flexibility index (Phi) is 3.79. The number of amides is 1. The number of nitrogens with zero attached hydrogens (tertiary/aromatic N) is 5. The van der Waals surface area contributed by atoms with Crippen molar-refractivity contribution in [2.45, 2.75) is 32.2 Å². The van der Waals surface area contributed by atoms with E-state index in [-0.39, 0.29) is 18.1 Å². The minimum Gasteiger partial charge on any atom is -0.378 e. The fourth-order valence-electron chi connectivity index (χ4n) is 3.82. The first kappa shape index (κ1) is 16.0. The zero-order valence-electron chi connectivity index (χ0n) is 14.3. The lowest BCUT2D eigenvalue weighted by molar-refractivity contribution is -0.136. The van der Waals surface area contributed by atoms with Crippen molar-refractivity contribution in [2.24, 2.45) is 0 Å². The summed E-state index contributed by atoms with van der Waals surface area (Å²) in [7, 11) is 0. The van der Waals surface area contributed by atoms with Gasteiger partial charge in [-0.25, -0.2) is 18.9 Å². The van der Waals surface area contributed by atoms with Gasteiger partial charge in [-0.2, -0.15) is 0 Å². The van der Waals surface area contributed by atoms with E-state index >= 15 is 0 Å². The number of ether oxygens (including phenoxy) is 1. The molecular weight excluding hydrogens is 354 g/mol. The fourth-order valence-corrected chi connectivity index (χ4v) is 5.05. The van der Waals surface area contributed by atoms with Crippen LogP contribution in [0.15, 0.2) is 11.1 Å². The van der Waals surface area contributed by atoms with Crippen LogP contribution in [0.5, 0.6) is 0 Å². The highest BCUT2D eigenvalue weighted by Crippen LogP contribution is 2.36. The first-order valence-corrected chi connectivity index (χ1v) is 9.78. The minimum atomic E-state index is -0.313. The van der Waals surface area contributed by atoms with E-state index in [1.807, 2.05) is 0 Å². The maximum absolute atomic E-state index is 12.7. The Labute approximate surface area is 153 Å². The van der Waals surface area contributed by atoms with Gasteiger partial charge in [0.05, 0.1) is 18.6 Å². The van der Waals surface area contributed by atoms with Crippen LogP contribution in [0, 0.1) is 0 Å². The Bertz CT molecular complexity index is 1060. The molecule has 0 unspecified atom stereocenters. The topological polar surface area (TPSA) is 81.7 Å². The summed E-state index contributed by atoms with van der Waals surface area (Å²) in [5, 5.41) is 5.50. The van der Waals surface area contributed by atoms with Crippen LogP contribution in [0.2, 0.25) is 0 Å². The zero-order valence-corrected chi connectivity index (χ0v) is 15.1. The highest BCUT2D eigenvalue weighted by atomic mass is 32.1. The molecule has 8 nitrogen and oxygen atoms in total. The average molecular weight is 373 g/mol. The summed E-state index contributed by atoms with van der Waals surface area (Å²) in [4.78, 5) is 33.7. The molecule has 2 aliphatic rings. The molecule has 1 aliphatic heterocycles. The molecule has 4 heterocycles. The van der Waals surface area contributed by atoms with Gasteiger partial charge in [0.15, 0.2) is 5.65 Å². The van der Waals surface area contributed by atoms with Crippen LogP contribution in [-0.4, -0.2) is 56.3 Å². The molecule has 0 bridgehead atoms. The summed E-state index contributed by atoms with van der Waals surface area (Å²) in [6.45, 7) is 2.15. The molecule has 1 amide bonds. The van der Waals surface area contributed by atoms with Gasteiger partial charge in [-0.1, -0.05) is 0 Å².